The third kappa shape index (κ3) is 4.44. The molecule has 28 heavy (non-hydrogen) atoms. The first-order valence-corrected chi connectivity index (χ1v) is 9.45. The van der Waals surface area contributed by atoms with Crippen molar-refractivity contribution in [2.75, 3.05) is 18.6 Å². The molecule has 0 aromatic heterocycles. The Morgan fingerprint density at radius 3 is 2.54 bits per heavy atom. The van der Waals surface area contributed by atoms with Gasteiger partial charge < -0.3 is 19.7 Å². The Bertz CT molecular complexity index is 850. The number of ether oxygens (including phenoxy) is 2. The molecule has 3 rings (SSSR count). The molecule has 148 valence electrons. The van der Waals surface area contributed by atoms with E-state index in [-0.39, 0.29) is 24.3 Å². The minimum atomic E-state index is -0.394. The second kappa shape index (κ2) is 8.78. The van der Waals surface area contributed by atoms with E-state index in [9.17, 15) is 9.59 Å². The number of hydrogen-bond acceptors (Lipinski definition) is 4. The lowest BCUT2D eigenvalue weighted by molar-refractivity contribution is -0.126. The van der Waals surface area contributed by atoms with Crippen molar-refractivity contribution in [2.24, 2.45) is 5.92 Å². The molecule has 1 aliphatic rings. The summed E-state index contributed by atoms with van der Waals surface area (Å²) in [5.74, 6) is 0.781. The van der Waals surface area contributed by atoms with Crippen molar-refractivity contribution in [1.82, 2.24) is 5.32 Å². The van der Waals surface area contributed by atoms with E-state index in [1.165, 1.54) is 0 Å². The second-order valence-corrected chi connectivity index (χ2v) is 7.07. The minimum Gasteiger partial charge on any atom is -0.496 e. The second-order valence-electron chi connectivity index (χ2n) is 7.07. The third-order valence-electron chi connectivity index (χ3n) is 4.66. The fraction of sp³-hybridized carbons (Fsp3) is 0.364. The number of nitrogens with zero attached hydrogens (tertiary/aromatic N) is 1. The number of hydrogen-bond donors (Lipinski definition) is 1. The topological polar surface area (TPSA) is 67.9 Å². The molecule has 2 aromatic rings. The fourth-order valence-corrected chi connectivity index (χ4v) is 3.33. The smallest absolute Gasteiger partial charge is 0.227 e. The Balaban J connectivity index is 1.67. The van der Waals surface area contributed by atoms with Crippen LogP contribution in [0.4, 0.5) is 5.69 Å². The zero-order valence-corrected chi connectivity index (χ0v) is 16.5. The van der Waals surface area contributed by atoms with E-state index in [1.54, 1.807) is 12.0 Å². The lowest BCUT2D eigenvalue weighted by atomic mass is 10.1. The van der Waals surface area contributed by atoms with Gasteiger partial charge in [0.15, 0.2) is 0 Å². The van der Waals surface area contributed by atoms with Crippen LogP contribution in [0.2, 0.25) is 0 Å². The normalized spacial score (nSPS) is 16.4. The molecule has 1 fully saturated rings. The fourth-order valence-electron chi connectivity index (χ4n) is 3.33. The molecule has 2 amide bonds. The Morgan fingerprint density at radius 2 is 1.82 bits per heavy atom. The van der Waals surface area contributed by atoms with E-state index in [2.05, 4.69) is 5.32 Å². The van der Waals surface area contributed by atoms with Crippen molar-refractivity contribution in [3.8, 4) is 11.5 Å². The van der Waals surface area contributed by atoms with Gasteiger partial charge in [0.25, 0.3) is 0 Å². The monoisotopic (exact) mass is 382 g/mol. The molecular weight excluding hydrogens is 356 g/mol. The van der Waals surface area contributed by atoms with E-state index < -0.39 is 5.92 Å². The Kier molecular flexibility index (Phi) is 6.19. The Hall–Kier alpha value is -3.02. The van der Waals surface area contributed by atoms with Crippen LogP contribution in [0.1, 0.15) is 25.8 Å². The van der Waals surface area contributed by atoms with E-state index in [0.29, 0.717) is 24.5 Å². The maximum atomic E-state index is 12.6. The Labute approximate surface area is 165 Å². The number of benzene rings is 2. The van der Waals surface area contributed by atoms with Crippen molar-refractivity contribution in [2.45, 2.75) is 32.9 Å². The summed E-state index contributed by atoms with van der Waals surface area (Å²) in [7, 11) is 1.60. The number of anilines is 1. The number of para-hydroxylation sites is 3. The number of rotatable bonds is 7. The maximum Gasteiger partial charge on any atom is 0.227 e. The van der Waals surface area contributed by atoms with Crippen LogP contribution in [0.5, 0.6) is 11.5 Å². The van der Waals surface area contributed by atoms with Crippen LogP contribution in [0, 0.1) is 5.92 Å². The van der Waals surface area contributed by atoms with Gasteiger partial charge in [-0.2, -0.15) is 0 Å². The summed E-state index contributed by atoms with van der Waals surface area (Å²) < 4.78 is 11.1. The average Bonchev–Trinajstić information content (AvgIpc) is 3.08. The molecule has 0 aliphatic carbocycles. The van der Waals surface area contributed by atoms with Gasteiger partial charge in [-0.25, -0.2) is 0 Å². The first-order valence-electron chi connectivity index (χ1n) is 9.45. The van der Waals surface area contributed by atoms with Crippen LogP contribution in [-0.4, -0.2) is 31.6 Å². The molecule has 1 heterocycles. The van der Waals surface area contributed by atoms with Crippen molar-refractivity contribution in [1.29, 1.82) is 0 Å². The largest absolute Gasteiger partial charge is 0.496 e. The minimum absolute atomic E-state index is 0.00111. The molecule has 1 atom stereocenters. The van der Waals surface area contributed by atoms with Crippen LogP contribution < -0.4 is 19.7 Å². The van der Waals surface area contributed by atoms with Crippen LogP contribution >= 0.6 is 0 Å². The zero-order chi connectivity index (χ0) is 20.1. The third-order valence-corrected chi connectivity index (χ3v) is 4.66. The highest BCUT2D eigenvalue weighted by Gasteiger charge is 2.36. The summed E-state index contributed by atoms with van der Waals surface area (Å²) in [6.07, 6.45) is 0.187. The number of nitrogens with one attached hydrogen (secondary N) is 1. The van der Waals surface area contributed by atoms with Crippen LogP contribution in [0.15, 0.2) is 48.5 Å². The van der Waals surface area contributed by atoms with Gasteiger partial charge in [0.1, 0.15) is 11.5 Å². The van der Waals surface area contributed by atoms with Crippen molar-refractivity contribution in [3.05, 3.63) is 54.1 Å². The molecule has 0 spiro atoms. The van der Waals surface area contributed by atoms with Crippen LogP contribution in [0.3, 0.4) is 0 Å². The van der Waals surface area contributed by atoms with Gasteiger partial charge in [0, 0.05) is 25.1 Å². The van der Waals surface area contributed by atoms with Gasteiger partial charge in [-0.1, -0.05) is 30.3 Å². The molecule has 0 saturated carbocycles. The lowest BCUT2D eigenvalue weighted by Gasteiger charge is -2.21. The van der Waals surface area contributed by atoms with Gasteiger partial charge in [0.05, 0.1) is 24.8 Å². The molecule has 1 aliphatic heterocycles. The highest BCUT2D eigenvalue weighted by molar-refractivity contribution is 6.01. The van der Waals surface area contributed by atoms with Crippen LogP contribution in [-0.2, 0) is 16.1 Å². The number of methoxy groups -OCH3 is 1. The van der Waals surface area contributed by atoms with Gasteiger partial charge >= 0.3 is 0 Å². The first-order chi connectivity index (χ1) is 13.5. The van der Waals surface area contributed by atoms with E-state index in [0.717, 1.165) is 11.3 Å². The molecule has 0 bridgehead atoms. The summed E-state index contributed by atoms with van der Waals surface area (Å²) in [6.45, 7) is 4.59. The van der Waals surface area contributed by atoms with E-state index >= 15 is 0 Å². The zero-order valence-electron chi connectivity index (χ0n) is 16.5. The van der Waals surface area contributed by atoms with Gasteiger partial charge in [0.2, 0.25) is 11.8 Å². The molecule has 1 saturated heterocycles. The number of amides is 2. The summed E-state index contributed by atoms with van der Waals surface area (Å²) in [6, 6.07) is 15.0. The van der Waals surface area contributed by atoms with E-state index in [4.69, 9.17) is 9.47 Å². The molecule has 1 N–H and O–H groups in total. The van der Waals surface area contributed by atoms with Crippen molar-refractivity contribution >= 4 is 17.5 Å². The highest BCUT2D eigenvalue weighted by Crippen LogP contribution is 2.33. The molecule has 1 unspecified atom stereocenters. The molecule has 6 heteroatoms. The highest BCUT2D eigenvalue weighted by atomic mass is 16.5. The van der Waals surface area contributed by atoms with Gasteiger partial charge in [-0.3, -0.25) is 9.59 Å². The van der Waals surface area contributed by atoms with Crippen LogP contribution in [0.25, 0.3) is 0 Å². The van der Waals surface area contributed by atoms with Gasteiger partial charge in [-0.05, 0) is 32.0 Å². The Morgan fingerprint density at radius 1 is 1.14 bits per heavy atom. The predicted molar refractivity (Wildman–Crippen MR) is 108 cm³/mol. The number of carbonyl (C=O) groups is 2. The number of carbonyl (C=O) groups excluding carboxylic acids is 2. The summed E-state index contributed by atoms with van der Waals surface area (Å²) in [4.78, 5) is 26.9. The summed E-state index contributed by atoms with van der Waals surface area (Å²) in [5.41, 5.74) is 1.61. The SMILES string of the molecule is COc1ccccc1CNC(=O)C1CC(=O)N(c2ccccc2OC(C)C)C1. The molecular formula is C22H26N2O4. The standard InChI is InChI=1S/C22H26N2O4/c1-15(2)28-20-11-7-5-9-18(20)24-14-17(12-21(24)25)22(26)23-13-16-8-4-6-10-19(16)27-3/h4-11,15,17H,12-14H2,1-3H3,(H,23,26). The molecule has 0 radical (unpaired) electrons. The van der Waals surface area contributed by atoms with Crippen molar-refractivity contribution in [3.63, 3.8) is 0 Å². The van der Waals surface area contributed by atoms with Gasteiger partial charge in [-0.15, -0.1) is 0 Å². The predicted octanol–water partition coefficient (Wildman–Crippen LogP) is 3.15. The average molecular weight is 382 g/mol. The lowest BCUT2D eigenvalue weighted by Crippen LogP contribution is -2.32. The summed E-state index contributed by atoms with van der Waals surface area (Å²) in [5, 5.41) is 2.93. The first kappa shape index (κ1) is 19.7. The van der Waals surface area contributed by atoms with Crippen molar-refractivity contribution < 1.29 is 19.1 Å². The summed E-state index contributed by atoms with van der Waals surface area (Å²) >= 11 is 0. The molecule has 2 aromatic carbocycles. The van der Waals surface area contributed by atoms with E-state index in [1.807, 2.05) is 62.4 Å². The quantitative estimate of drug-likeness (QED) is 0.799. The maximum absolute atomic E-state index is 12.6. The molecule has 6 nitrogen and oxygen atoms in total.